The number of carbonyl (C=O) groups is 1. The summed E-state index contributed by atoms with van der Waals surface area (Å²) in [6.45, 7) is 7.11. The summed E-state index contributed by atoms with van der Waals surface area (Å²) in [6, 6.07) is 4.90. The van der Waals surface area contributed by atoms with Crippen molar-refractivity contribution in [2.24, 2.45) is 0 Å². The summed E-state index contributed by atoms with van der Waals surface area (Å²) >= 11 is 0. The van der Waals surface area contributed by atoms with Crippen molar-refractivity contribution >= 4 is 17.3 Å². The van der Waals surface area contributed by atoms with E-state index in [4.69, 9.17) is 10.8 Å². The van der Waals surface area contributed by atoms with Gasteiger partial charge >= 0.3 is 5.97 Å². The molecule has 1 aliphatic rings. The highest BCUT2D eigenvalue weighted by molar-refractivity contribution is 5.90. The highest BCUT2D eigenvalue weighted by Gasteiger charge is 2.19. The zero-order valence-corrected chi connectivity index (χ0v) is 11.3. The molecule has 0 radical (unpaired) electrons. The molecule has 0 aromatic heterocycles. The van der Waals surface area contributed by atoms with Gasteiger partial charge in [0.25, 0.3) is 0 Å². The normalized spacial score (nSPS) is 16.6. The van der Waals surface area contributed by atoms with Crippen LogP contribution in [-0.2, 0) is 0 Å². The highest BCUT2D eigenvalue weighted by Crippen LogP contribution is 2.25. The van der Waals surface area contributed by atoms with Gasteiger partial charge in [0.1, 0.15) is 0 Å². The molecule has 0 spiro atoms. The van der Waals surface area contributed by atoms with E-state index in [1.807, 2.05) is 0 Å². The Morgan fingerprint density at radius 3 is 2.58 bits per heavy atom. The number of aromatic carboxylic acids is 1. The molecule has 1 aliphatic heterocycles. The molecule has 1 aromatic rings. The van der Waals surface area contributed by atoms with Gasteiger partial charge in [0.15, 0.2) is 0 Å². The maximum atomic E-state index is 11.0. The van der Waals surface area contributed by atoms with Gasteiger partial charge in [-0.05, 0) is 31.2 Å². The quantitative estimate of drug-likeness (QED) is 0.806. The van der Waals surface area contributed by atoms with E-state index in [1.165, 1.54) is 0 Å². The minimum absolute atomic E-state index is 0.292. The van der Waals surface area contributed by atoms with E-state index in [2.05, 4.69) is 16.7 Å². The molecule has 5 nitrogen and oxygen atoms in total. The van der Waals surface area contributed by atoms with E-state index in [0.29, 0.717) is 11.3 Å². The molecule has 5 heteroatoms. The molecule has 0 unspecified atom stereocenters. The van der Waals surface area contributed by atoms with Gasteiger partial charge in [-0.3, -0.25) is 4.90 Å². The SMILES string of the molecule is CCCN1CCN(c2cc(C(=O)O)ccc2N)CC1. The Labute approximate surface area is 113 Å². The molecule has 1 aromatic carbocycles. The largest absolute Gasteiger partial charge is 0.478 e. The minimum atomic E-state index is -0.911. The van der Waals surface area contributed by atoms with Crippen molar-refractivity contribution < 1.29 is 9.90 Å². The monoisotopic (exact) mass is 263 g/mol. The summed E-state index contributed by atoms with van der Waals surface area (Å²) < 4.78 is 0. The Morgan fingerprint density at radius 2 is 2.00 bits per heavy atom. The highest BCUT2D eigenvalue weighted by atomic mass is 16.4. The number of rotatable bonds is 4. The van der Waals surface area contributed by atoms with E-state index < -0.39 is 5.97 Å². The summed E-state index contributed by atoms with van der Waals surface area (Å²) in [4.78, 5) is 15.6. The number of anilines is 2. The van der Waals surface area contributed by atoms with Crippen LogP contribution in [0.1, 0.15) is 23.7 Å². The van der Waals surface area contributed by atoms with Crippen LogP contribution in [0, 0.1) is 0 Å². The first kappa shape index (κ1) is 13.7. The third-order valence-electron chi connectivity index (χ3n) is 3.53. The summed E-state index contributed by atoms with van der Waals surface area (Å²) in [6.07, 6.45) is 1.16. The number of nitrogen functional groups attached to an aromatic ring is 1. The molecule has 1 fully saturated rings. The molecule has 1 saturated heterocycles. The van der Waals surface area contributed by atoms with Gasteiger partial charge in [-0.1, -0.05) is 6.92 Å². The fourth-order valence-corrected chi connectivity index (χ4v) is 2.48. The summed E-state index contributed by atoms with van der Waals surface area (Å²) in [5.41, 5.74) is 7.75. The average Bonchev–Trinajstić information content (AvgIpc) is 2.40. The van der Waals surface area contributed by atoms with Crippen molar-refractivity contribution in [1.82, 2.24) is 4.90 Å². The Balaban J connectivity index is 2.10. The van der Waals surface area contributed by atoms with Gasteiger partial charge in [-0.25, -0.2) is 4.79 Å². The van der Waals surface area contributed by atoms with Gasteiger partial charge in [0.05, 0.1) is 16.9 Å². The Kier molecular flexibility index (Phi) is 4.27. The first-order chi connectivity index (χ1) is 9.11. The van der Waals surface area contributed by atoms with E-state index in [1.54, 1.807) is 18.2 Å². The molecule has 19 heavy (non-hydrogen) atoms. The maximum absolute atomic E-state index is 11.0. The van der Waals surface area contributed by atoms with Gasteiger partial charge in [0, 0.05) is 26.2 Å². The predicted octanol–water partition coefficient (Wildman–Crippen LogP) is 1.50. The van der Waals surface area contributed by atoms with Crippen LogP contribution >= 0.6 is 0 Å². The fourth-order valence-electron chi connectivity index (χ4n) is 2.48. The smallest absolute Gasteiger partial charge is 0.335 e. The third-order valence-corrected chi connectivity index (χ3v) is 3.53. The second kappa shape index (κ2) is 5.93. The lowest BCUT2D eigenvalue weighted by Crippen LogP contribution is -2.46. The van der Waals surface area contributed by atoms with Crippen LogP contribution in [0.4, 0.5) is 11.4 Å². The van der Waals surface area contributed by atoms with Gasteiger partial charge in [0.2, 0.25) is 0 Å². The minimum Gasteiger partial charge on any atom is -0.478 e. The first-order valence-corrected chi connectivity index (χ1v) is 6.72. The van der Waals surface area contributed by atoms with Crippen LogP contribution in [-0.4, -0.2) is 48.7 Å². The van der Waals surface area contributed by atoms with Crippen molar-refractivity contribution in [3.63, 3.8) is 0 Å². The molecular formula is C14H21N3O2. The lowest BCUT2D eigenvalue weighted by atomic mass is 10.1. The van der Waals surface area contributed by atoms with Crippen molar-refractivity contribution in [2.45, 2.75) is 13.3 Å². The van der Waals surface area contributed by atoms with Crippen molar-refractivity contribution in [3.05, 3.63) is 23.8 Å². The van der Waals surface area contributed by atoms with Gasteiger partial charge in [-0.15, -0.1) is 0 Å². The second-order valence-corrected chi connectivity index (χ2v) is 4.91. The standard InChI is InChI=1S/C14H21N3O2/c1-2-5-16-6-8-17(9-7-16)13-10-11(14(18)19)3-4-12(13)15/h3-4,10H,2,5-9,15H2,1H3,(H,18,19). The predicted molar refractivity (Wildman–Crippen MR) is 76.8 cm³/mol. The number of carboxylic acid groups (broad SMARTS) is 1. The second-order valence-electron chi connectivity index (χ2n) is 4.91. The fraction of sp³-hybridized carbons (Fsp3) is 0.500. The topological polar surface area (TPSA) is 69.8 Å². The maximum Gasteiger partial charge on any atom is 0.335 e. The lowest BCUT2D eigenvalue weighted by Gasteiger charge is -2.36. The number of benzene rings is 1. The Morgan fingerprint density at radius 1 is 1.32 bits per heavy atom. The summed E-state index contributed by atoms with van der Waals surface area (Å²) in [7, 11) is 0. The van der Waals surface area contributed by atoms with Crippen LogP contribution in [0.25, 0.3) is 0 Å². The van der Waals surface area contributed by atoms with Crippen LogP contribution in [0.2, 0.25) is 0 Å². The first-order valence-electron chi connectivity index (χ1n) is 6.72. The number of carboxylic acids is 1. The molecular weight excluding hydrogens is 242 g/mol. The van der Waals surface area contributed by atoms with Crippen molar-refractivity contribution in [1.29, 1.82) is 0 Å². The van der Waals surface area contributed by atoms with Crippen molar-refractivity contribution in [3.8, 4) is 0 Å². The Bertz CT molecular complexity index is 454. The van der Waals surface area contributed by atoms with Crippen LogP contribution in [0.15, 0.2) is 18.2 Å². The van der Waals surface area contributed by atoms with E-state index >= 15 is 0 Å². The number of nitrogens with zero attached hydrogens (tertiary/aromatic N) is 2. The molecule has 0 amide bonds. The van der Waals surface area contributed by atoms with Crippen molar-refractivity contribution in [2.75, 3.05) is 43.4 Å². The zero-order chi connectivity index (χ0) is 13.8. The van der Waals surface area contributed by atoms with E-state index in [-0.39, 0.29) is 0 Å². The summed E-state index contributed by atoms with van der Waals surface area (Å²) in [5.74, 6) is -0.911. The molecule has 3 N–H and O–H groups in total. The number of nitrogens with two attached hydrogens (primary N) is 1. The lowest BCUT2D eigenvalue weighted by molar-refractivity contribution is 0.0697. The molecule has 0 atom stereocenters. The van der Waals surface area contributed by atoms with Crippen LogP contribution < -0.4 is 10.6 Å². The number of piperazine rings is 1. The number of hydrogen-bond acceptors (Lipinski definition) is 4. The number of hydrogen-bond donors (Lipinski definition) is 2. The molecule has 0 aliphatic carbocycles. The molecule has 104 valence electrons. The third kappa shape index (κ3) is 3.17. The molecule has 1 heterocycles. The van der Waals surface area contributed by atoms with Crippen LogP contribution in [0.3, 0.4) is 0 Å². The zero-order valence-electron chi connectivity index (χ0n) is 11.3. The van der Waals surface area contributed by atoms with E-state index in [0.717, 1.165) is 44.8 Å². The van der Waals surface area contributed by atoms with E-state index in [9.17, 15) is 4.79 Å². The molecule has 0 saturated carbocycles. The van der Waals surface area contributed by atoms with Crippen LogP contribution in [0.5, 0.6) is 0 Å². The molecule has 0 bridgehead atoms. The summed E-state index contributed by atoms with van der Waals surface area (Å²) in [5, 5.41) is 9.04. The average molecular weight is 263 g/mol. The van der Waals surface area contributed by atoms with Gasteiger partial charge in [-0.2, -0.15) is 0 Å². The van der Waals surface area contributed by atoms with Gasteiger partial charge < -0.3 is 15.7 Å². The molecule has 2 rings (SSSR count). The Hall–Kier alpha value is -1.75.